The van der Waals surface area contributed by atoms with E-state index in [9.17, 15) is 9.59 Å². The van der Waals surface area contributed by atoms with Gasteiger partial charge in [-0.15, -0.1) is 0 Å². The lowest BCUT2D eigenvalue weighted by atomic mass is 10.2. The Morgan fingerprint density at radius 3 is 2.73 bits per heavy atom. The molecule has 9 nitrogen and oxygen atoms in total. The zero-order chi connectivity index (χ0) is 26.0. The van der Waals surface area contributed by atoms with Crippen LogP contribution in [0.2, 0.25) is 0 Å². The van der Waals surface area contributed by atoms with Gasteiger partial charge in [-0.05, 0) is 54.6 Å². The first-order valence-corrected chi connectivity index (χ1v) is 12.3. The monoisotopic (exact) mass is 518 g/mol. The fourth-order valence-corrected chi connectivity index (χ4v) is 4.48. The summed E-state index contributed by atoms with van der Waals surface area (Å²) in [5.74, 6) is -0.723. The normalized spacial score (nSPS) is 11.2. The van der Waals surface area contributed by atoms with E-state index in [1.165, 1.54) is 11.8 Å². The molecule has 0 unspecified atom stereocenters. The molecule has 2 heterocycles. The van der Waals surface area contributed by atoms with Gasteiger partial charge in [-0.25, -0.2) is 9.48 Å². The van der Waals surface area contributed by atoms with E-state index in [2.05, 4.69) is 15.4 Å². The second-order valence-corrected chi connectivity index (χ2v) is 8.87. The van der Waals surface area contributed by atoms with Crippen LogP contribution in [0, 0.1) is 0 Å². The summed E-state index contributed by atoms with van der Waals surface area (Å²) in [5, 5.41) is 17.0. The van der Waals surface area contributed by atoms with Crippen molar-refractivity contribution in [3.63, 3.8) is 0 Å². The van der Waals surface area contributed by atoms with Crippen LogP contribution in [-0.2, 0) is 21.0 Å². The van der Waals surface area contributed by atoms with Crippen molar-refractivity contribution >= 4 is 46.7 Å². The van der Waals surface area contributed by atoms with Crippen LogP contribution in [0.5, 0.6) is 0 Å². The molecule has 2 aromatic heterocycles. The third-order valence-electron chi connectivity index (χ3n) is 5.24. The SMILES string of the molecule is CNC(=O)c1ccccc1Sc1ccc2c(/C=C/c3ccccn3)nn(COC(=O)COCCO)c2c1. The first-order chi connectivity index (χ1) is 18.1. The number of rotatable bonds is 11. The number of carbonyl (C=O) groups excluding carboxylic acids is 2. The number of carbonyl (C=O) groups is 2. The second-order valence-electron chi connectivity index (χ2n) is 7.75. The smallest absolute Gasteiger partial charge is 0.333 e. The number of amides is 1. The van der Waals surface area contributed by atoms with Gasteiger partial charge in [0, 0.05) is 28.4 Å². The van der Waals surface area contributed by atoms with Crippen LogP contribution >= 0.6 is 11.8 Å². The van der Waals surface area contributed by atoms with E-state index in [4.69, 9.17) is 14.6 Å². The van der Waals surface area contributed by atoms with Gasteiger partial charge in [0.1, 0.15) is 6.61 Å². The van der Waals surface area contributed by atoms with Crippen molar-refractivity contribution in [2.24, 2.45) is 0 Å². The molecule has 2 aromatic carbocycles. The van der Waals surface area contributed by atoms with Crippen LogP contribution in [0.3, 0.4) is 0 Å². The van der Waals surface area contributed by atoms with Crippen LogP contribution in [0.25, 0.3) is 23.1 Å². The van der Waals surface area contributed by atoms with Gasteiger partial charge in [-0.2, -0.15) is 5.10 Å². The van der Waals surface area contributed by atoms with E-state index in [0.717, 1.165) is 26.4 Å². The van der Waals surface area contributed by atoms with E-state index in [1.54, 1.807) is 24.0 Å². The van der Waals surface area contributed by atoms with E-state index < -0.39 is 5.97 Å². The van der Waals surface area contributed by atoms with Gasteiger partial charge in [-0.1, -0.05) is 30.0 Å². The fraction of sp³-hybridized carbons (Fsp3) is 0.185. The molecule has 0 aliphatic carbocycles. The summed E-state index contributed by atoms with van der Waals surface area (Å²) in [7, 11) is 1.60. The third kappa shape index (κ3) is 6.82. The van der Waals surface area contributed by atoms with Crippen molar-refractivity contribution in [2.75, 3.05) is 26.9 Å². The molecule has 0 fully saturated rings. The average Bonchev–Trinajstić information content (AvgIpc) is 3.28. The number of aliphatic hydroxyl groups excluding tert-OH is 1. The zero-order valence-electron chi connectivity index (χ0n) is 20.2. The van der Waals surface area contributed by atoms with Crippen LogP contribution in [-0.4, -0.2) is 58.6 Å². The zero-order valence-corrected chi connectivity index (χ0v) is 21.0. The number of benzene rings is 2. The van der Waals surface area contributed by atoms with Crippen LogP contribution < -0.4 is 5.32 Å². The van der Waals surface area contributed by atoms with Gasteiger partial charge in [0.05, 0.1) is 35.7 Å². The maximum Gasteiger partial charge on any atom is 0.333 e. The lowest BCUT2D eigenvalue weighted by Crippen LogP contribution is -2.18. The Morgan fingerprint density at radius 1 is 1.11 bits per heavy atom. The third-order valence-corrected chi connectivity index (χ3v) is 6.31. The first-order valence-electron chi connectivity index (χ1n) is 11.5. The minimum Gasteiger partial charge on any atom is -0.441 e. The molecule has 37 heavy (non-hydrogen) atoms. The summed E-state index contributed by atoms with van der Waals surface area (Å²) in [4.78, 5) is 30.4. The van der Waals surface area contributed by atoms with Crippen molar-refractivity contribution in [1.29, 1.82) is 0 Å². The highest BCUT2D eigenvalue weighted by Gasteiger charge is 2.14. The number of hydrogen-bond acceptors (Lipinski definition) is 8. The molecule has 1 amide bonds. The van der Waals surface area contributed by atoms with E-state index in [0.29, 0.717) is 11.3 Å². The molecule has 2 N–H and O–H groups in total. The van der Waals surface area contributed by atoms with Crippen molar-refractivity contribution < 1.29 is 24.2 Å². The molecule has 0 aliphatic rings. The number of aliphatic hydroxyl groups is 1. The summed E-state index contributed by atoms with van der Waals surface area (Å²) in [6.45, 7) is -0.491. The van der Waals surface area contributed by atoms with Gasteiger partial charge in [-0.3, -0.25) is 9.78 Å². The topological polar surface area (TPSA) is 116 Å². The minimum absolute atomic E-state index is 0.0559. The van der Waals surface area contributed by atoms with Crippen LogP contribution in [0.4, 0.5) is 0 Å². The quantitative estimate of drug-likeness (QED) is 0.229. The highest BCUT2D eigenvalue weighted by Crippen LogP contribution is 2.33. The standard InChI is InChI=1S/C27H26N4O5S/c1-28-27(34)22-7-2-3-8-25(22)37-20-10-11-21-23(12-9-19-6-4-5-13-29-19)30-31(24(21)16-20)18-36-26(33)17-35-15-14-32/h2-13,16,32H,14-15,17-18H2,1H3,(H,28,34)/b12-9+. The highest BCUT2D eigenvalue weighted by atomic mass is 32.2. The lowest BCUT2D eigenvalue weighted by Gasteiger charge is -2.09. The Labute approximate surface area is 218 Å². The van der Waals surface area contributed by atoms with Gasteiger partial charge in [0.2, 0.25) is 0 Å². The maximum atomic E-state index is 12.3. The highest BCUT2D eigenvalue weighted by molar-refractivity contribution is 7.99. The van der Waals surface area contributed by atoms with Crippen LogP contribution in [0.15, 0.2) is 76.7 Å². The van der Waals surface area contributed by atoms with E-state index in [1.807, 2.05) is 66.7 Å². The summed E-state index contributed by atoms with van der Waals surface area (Å²) in [6.07, 6.45) is 5.44. The van der Waals surface area contributed by atoms with Gasteiger partial charge in [0.25, 0.3) is 5.91 Å². The summed E-state index contributed by atoms with van der Waals surface area (Å²) < 4.78 is 12.0. The summed E-state index contributed by atoms with van der Waals surface area (Å²) in [5.41, 5.74) is 2.82. The summed E-state index contributed by atoms with van der Waals surface area (Å²) in [6, 6.07) is 18.9. The van der Waals surface area contributed by atoms with Gasteiger partial charge >= 0.3 is 5.97 Å². The van der Waals surface area contributed by atoms with Crippen molar-refractivity contribution in [2.45, 2.75) is 16.5 Å². The molecule has 4 rings (SSSR count). The lowest BCUT2D eigenvalue weighted by molar-refractivity contribution is -0.153. The molecule has 0 atom stereocenters. The Morgan fingerprint density at radius 2 is 1.95 bits per heavy atom. The molecule has 0 saturated heterocycles. The van der Waals surface area contributed by atoms with Gasteiger partial charge < -0.3 is 19.9 Å². The van der Waals surface area contributed by atoms with E-state index in [-0.39, 0.29) is 32.5 Å². The minimum atomic E-state index is -0.562. The number of fused-ring (bicyclic) bond motifs is 1. The fourth-order valence-electron chi connectivity index (χ4n) is 3.50. The molecule has 10 heteroatoms. The maximum absolute atomic E-state index is 12.3. The Balaban J connectivity index is 1.64. The molecule has 4 aromatic rings. The van der Waals surface area contributed by atoms with Crippen molar-refractivity contribution in [1.82, 2.24) is 20.1 Å². The van der Waals surface area contributed by atoms with Crippen LogP contribution in [0.1, 0.15) is 21.7 Å². The predicted molar refractivity (Wildman–Crippen MR) is 141 cm³/mol. The number of esters is 1. The molecule has 0 aliphatic heterocycles. The number of ether oxygens (including phenoxy) is 2. The average molecular weight is 519 g/mol. The molecule has 0 saturated carbocycles. The van der Waals surface area contributed by atoms with Gasteiger partial charge in [0.15, 0.2) is 6.73 Å². The Bertz CT molecular complexity index is 1400. The first kappa shape index (κ1) is 26.1. The molecular weight excluding hydrogens is 492 g/mol. The molecule has 0 radical (unpaired) electrons. The predicted octanol–water partition coefficient (Wildman–Crippen LogP) is 3.62. The molecule has 0 bridgehead atoms. The largest absolute Gasteiger partial charge is 0.441 e. The number of aromatic nitrogens is 3. The molecule has 0 spiro atoms. The Hall–Kier alpha value is -3.99. The number of nitrogens with zero attached hydrogens (tertiary/aromatic N) is 3. The van der Waals surface area contributed by atoms with E-state index >= 15 is 0 Å². The molecular formula is C27H26N4O5S. The Kier molecular flexibility index (Phi) is 9.03. The number of pyridine rings is 1. The number of nitrogens with one attached hydrogen (secondary N) is 1. The van der Waals surface area contributed by atoms with Crippen molar-refractivity contribution in [3.05, 3.63) is 83.8 Å². The van der Waals surface area contributed by atoms with Crippen molar-refractivity contribution in [3.8, 4) is 0 Å². The summed E-state index contributed by atoms with van der Waals surface area (Å²) >= 11 is 1.46. The second kappa shape index (κ2) is 12.8. The molecule has 190 valence electrons. The number of hydrogen-bond donors (Lipinski definition) is 2.